The van der Waals surface area contributed by atoms with Crippen molar-refractivity contribution in [3.05, 3.63) is 0 Å². The quantitative estimate of drug-likeness (QED) is 0.0236. The van der Waals surface area contributed by atoms with Gasteiger partial charge < -0.3 is 47.8 Å². The molecule has 1 rings (SSSR count). The van der Waals surface area contributed by atoms with E-state index in [1.54, 1.807) is 0 Å². The molecule has 1 heterocycles. The van der Waals surface area contributed by atoms with Gasteiger partial charge in [-0.1, -0.05) is 0 Å². The van der Waals surface area contributed by atoms with Gasteiger partial charge in [-0.3, -0.25) is 49.2 Å². The topological polar surface area (TPSA) is 329 Å². The molecule has 0 bridgehead atoms. The van der Waals surface area contributed by atoms with Gasteiger partial charge in [0.25, 0.3) is 11.8 Å². The van der Waals surface area contributed by atoms with Crippen molar-refractivity contribution in [2.24, 2.45) is 5.73 Å². The third kappa shape index (κ3) is 15.4. The molecule has 1 aliphatic rings. The molecule has 0 aromatic carbocycles. The first kappa shape index (κ1) is 45.0. The van der Waals surface area contributed by atoms with E-state index in [1.165, 1.54) is 14.1 Å². The highest BCUT2D eigenvalue weighted by atomic mass is 16.5. The van der Waals surface area contributed by atoms with Gasteiger partial charge in [0.15, 0.2) is 0 Å². The minimum Gasteiger partial charge on any atom is -0.394 e. The van der Waals surface area contributed by atoms with Crippen LogP contribution in [0.4, 0.5) is 0 Å². The number of aliphatic hydroxyl groups is 2. The van der Waals surface area contributed by atoms with Gasteiger partial charge in [0.05, 0.1) is 25.3 Å². The summed E-state index contributed by atoms with van der Waals surface area (Å²) >= 11 is 0. The first-order valence-electron chi connectivity index (χ1n) is 16.7. The van der Waals surface area contributed by atoms with Crippen molar-refractivity contribution in [3.8, 4) is 0 Å². The van der Waals surface area contributed by atoms with E-state index in [2.05, 4.69) is 31.9 Å². The lowest BCUT2D eigenvalue weighted by Gasteiger charge is -2.29. The number of carbonyl (C=O) groups is 7. The van der Waals surface area contributed by atoms with E-state index in [0.717, 1.165) is 0 Å². The molecule has 0 aliphatic carbocycles. The predicted molar refractivity (Wildman–Crippen MR) is 175 cm³/mol. The molecule has 2 unspecified atom stereocenters. The van der Waals surface area contributed by atoms with E-state index < -0.39 is 84.9 Å². The molecule has 292 valence electrons. The Labute approximate surface area is 295 Å². The van der Waals surface area contributed by atoms with Crippen LogP contribution in [0.5, 0.6) is 0 Å². The van der Waals surface area contributed by atoms with Crippen molar-refractivity contribution in [2.75, 3.05) is 53.5 Å². The number of amides is 7. The SMILES string of the molecule is CN[C@@H](CCCN(O)C=O)C(=O)NC(CO)C(=O)N(O)CCC[C@H](NC)C(=O)N[C@@H](CCCN)C(=O)NC(CO)C(=O)N[C@@H]1CCCN(O)C1=O. The molecule has 51 heavy (non-hydrogen) atoms. The second-order valence-electron chi connectivity index (χ2n) is 11.8. The molecule has 7 amide bonds. The number of carbonyl (C=O) groups excluding carboxylic acids is 7. The van der Waals surface area contributed by atoms with E-state index in [0.29, 0.717) is 28.0 Å². The fourth-order valence-corrected chi connectivity index (χ4v) is 5.11. The number of piperidine rings is 1. The number of nitrogens with zero attached hydrogens (tertiary/aromatic N) is 3. The van der Waals surface area contributed by atoms with Crippen LogP contribution < -0.4 is 37.6 Å². The van der Waals surface area contributed by atoms with E-state index in [9.17, 15) is 59.4 Å². The maximum atomic E-state index is 13.1. The first-order valence-corrected chi connectivity index (χ1v) is 16.7. The van der Waals surface area contributed by atoms with Crippen LogP contribution in [-0.4, -0.2) is 173 Å². The van der Waals surface area contributed by atoms with Crippen LogP contribution in [0.15, 0.2) is 0 Å². The summed E-state index contributed by atoms with van der Waals surface area (Å²) in [5.74, 6) is -4.72. The average molecular weight is 735 g/mol. The van der Waals surface area contributed by atoms with Gasteiger partial charge in [-0.2, -0.15) is 0 Å². The Morgan fingerprint density at radius 1 is 0.824 bits per heavy atom. The van der Waals surface area contributed by atoms with Gasteiger partial charge in [0, 0.05) is 19.6 Å². The lowest BCUT2D eigenvalue weighted by molar-refractivity contribution is -0.173. The molecule has 22 nitrogen and oxygen atoms in total. The van der Waals surface area contributed by atoms with Gasteiger partial charge in [0.1, 0.15) is 24.2 Å². The van der Waals surface area contributed by atoms with Gasteiger partial charge in [-0.25, -0.2) is 15.2 Å². The zero-order chi connectivity index (χ0) is 38.5. The number of rotatable bonds is 25. The second kappa shape index (κ2) is 24.2. The highest BCUT2D eigenvalue weighted by molar-refractivity contribution is 5.95. The number of hydrogen-bond acceptors (Lipinski definition) is 15. The minimum absolute atomic E-state index is 0.0336. The van der Waals surface area contributed by atoms with Crippen LogP contribution in [0.2, 0.25) is 0 Å². The fraction of sp³-hybridized carbons (Fsp3) is 0.759. The summed E-state index contributed by atoms with van der Waals surface area (Å²) in [6, 6.07) is -6.94. The third-order valence-electron chi connectivity index (χ3n) is 8.12. The second-order valence-corrected chi connectivity index (χ2v) is 11.8. The molecule has 1 fully saturated rings. The molecule has 22 heteroatoms. The van der Waals surface area contributed by atoms with Crippen LogP contribution in [0.25, 0.3) is 0 Å². The smallest absolute Gasteiger partial charge is 0.270 e. The highest BCUT2D eigenvalue weighted by Gasteiger charge is 2.33. The van der Waals surface area contributed by atoms with E-state index in [-0.39, 0.29) is 71.1 Å². The summed E-state index contributed by atoms with van der Waals surface area (Å²) in [5, 5.41) is 65.0. The normalized spacial score (nSPS) is 17.3. The Hall–Kier alpha value is -4.03. The average Bonchev–Trinajstić information content (AvgIpc) is 3.12. The molecule has 0 aromatic heterocycles. The maximum absolute atomic E-state index is 13.1. The van der Waals surface area contributed by atoms with Gasteiger partial charge in [-0.15, -0.1) is 0 Å². The minimum atomic E-state index is -1.50. The number of hydrogen-bond donors (Lipinski definition) is 12. The molecular formula is C29H54N10O12. The Morgan fingerprint density at radius 2 is 1.33 bits per heavy atom. The van der Waals surface area contributed by atoms with Crippen LogP contribution in [-0.2, 0) is 33.6 Å². The molecule has 1 saturated heterocycles. The Kier molecular flexibility index (Phi) is 21.4. The monoisotopic (exact) mass is 734 g/mol. The maximum Gasteiger partial charge on any atom is 0.270 e. The number of nitrogens with two attached hydrogens (primary N) is 1. The van der Waals surface area contributed by atoms with Crippen molar-refractivity contribution >= 4 is 41.9 Å². The van der Waals surface area contributed by atoms with Crippen molar-refractivity contribution in [3.63, 3.8) is 0 Å². The zero-order valence-electron chi connectivity index (χ0n) is 29.0. The lowest BCUT2D eigenvalue weighted by Crippen LogP contribution is -2.59. The Balaban J connectivity index is 2.74. The summed E-state index contributed by atoms with van der Waals surface area (Å²) in [4.78, 5) is 87.0. The number of aliphatic hydroxyl groups excluding tert-OH is 2. The summed E-state index contributed by atoms with van der Waals surface area (Å²) < 4.78 is 0. The predicted octanol–water partition coefficient (Wildman–Crippen LogP) is -5.54. The van der Waals surface area contributed by atoms with Crippen LogP contribution in [0.3, 0.4) is 0 Å². The fourth-order valence-electron chi connectivity index (χ4n) is 5.11. The molecule has 0 aromatic rings. The van der Waals surface area contributed by atoms with Crippen LogP contribution in [0, 0.1) is 0 Å². The summed E-state index contributed by atoms with van der Waals surface area (Å²) in [5.41, 5.74) is 5.59. The Morgan fingerprint density at radius 3 is 1.86 bits per heavy atom. The van der Waals surface area contributed by atoms with Gasteiger partial charge in [0.2, 0.25) is 30.0 Å². The van der Waals surface area contributed by atoms with Crippen molar-refractivity contribution in [1.82, 2.24) is 47.1 Å². The van der Waals surface area contributed by atoms with E-state index in [1.807, 2.05) is 0 Å². The van der Waals surface area contributed by atoms with E-state index in [4.69, 9.17) is 5.73 Å². The highest BCUT2D eigenvalue weighted by Crippen LogP contribution is 2.10. The molecule has 1 aliphatic heterocycles. The molecule has 0 spiro atoms. The van der Waals surface area contributed by atoms with Gasteiger partial charge >= 0.3 is 0 Å². The first-order chi connectivity index (χ1) is 24.3. The number of nitrogens with one attached hydrogen (secondary N) is 6. The number of hydroxylamine groups is 6. The van der Waals surface area contributed by atoms with Crippen LogP contribution in [0.1, 0.15) is 51.4 Å². The summed E-state index contributed by atoms with van der Waals surface area (Å²) in [7, 11) is 2.95. The van der Waals surface area contributed by atoms with E-state index >= 15 is 0 Å². The molecule has 0 saturated carbocycles. The molecular weight excluding hydrogens is 680 g/mol. The van der Waals surface area contributed by atoms with Crippen molar-refractivity contribution < 1.29 is 59.4 Å². The Bertz CT molecular complexity index is 1150. The third-order valence-corrected chi connectivity index (χ3v) is 8.12. The van der Waals surface area contributed by atoms with Crippen LogP contribution >= 0.6 is 0 Å². The standard InChI is InChI=1S/C29H54N10O12/c1-31-18(8-4-12-37(49)17-42)25(44)36-23(16-41)29(48)39(51)13-5-9-19(32-2)24(43)33-20(7-3-11-30)26(45)35-22(15-40)27(46)34-21-10-6-14-38(50)28(21)47/h17-23,31-32,40-41,49-51H,3-16,30H2,1-2H3,(H,33,43)(H,34,46)(H,35,45)(H,36,44)/t18-,19-,20-,21+,22?,23?/m0/s1. The number of likely N-dealkylation sites (N-methyl/N-ethyl adjacent to an activating group) is 2. The molecule has 13 N–H and O–H groups in total. The van der Waals surface area contributed by atoms with Crippen molar-refractivity contribution in [1.29, 1.82) is 0 Å². The van der Waals surface area contributed by atoms with Crippen molar-refractivity contribution in [2.45, 2.75) is 87.6 Å². The zero-order valence-corrected chi connectivity index (χ0v) is 29.0. The lowest BCUT2D eigenvalue weighted by atomic mass is 10.1. The molecule has 0 radical (unpaired) electrons. The summed E-state index contributed by atoms with van der Waals surface area (Å²) in [6.07, 6.45) is 1.80. The molecule has 6 atom stereocenters. The largest absolute Gasteiger partial charge is 0.394 e. The summed E-state index contributed by atoms with van der Waals surface area (Å²) in [6.45, 7) is -1.70. The van der Waals surface area contributed by atoms with Gasteiger partial charge in [-0.05, 0) is 72.0 Å².